The molecule has 1 aromatic rings. The van der Waals surface area contributed by atoms with Gasteiger partial charge in [-0.05, 0) is 0 Å². The van der Waals surface area contributed by atoms with E-state index < -0.39 is 36.5 Å². The Balaban J connectivity index is 2.11. The van der Waals surface area contributed by atoms with Crippen LogP contribution in [0, 0.1) is 0 Å². The zero-order valence-corrected chi connectivity index (χ0v) is 13.9. The molecular formula is C12H13ClFN5O4S. The van der Waals surface area contributed by atoms with Crippen LogP contribution < -0.4 is 16.0 Å². The minimum atomic E-state index is -0.987. The summed E-state index contributed by atoms with van der Waals surface area (Å²) >= 11 is 6.43. The fourth-order valence-corrected chi connectivity index (χ4v) is 2.61. The number of amides is 3. The van der Waals surface area contributed by atoms with Gasteiger partial charge in [-0.1, -0.05) is 5.16 Å². The van der Waals surface area contributed by atoms with Gasteiger partial charge < -0.3 is 20.8 Å². The smallest absolute Gasteiger partial charge is 0.276 e. The molecule has 1 fully saturated rings. The summed E-state index contributed by atoms with van der Waals surface area (Å²) in [6.45, 7) is -0.807. The summed E-state index contributed by atoms with van der Waals surface area (Å²) in [5.41, 5.74) is -0.0850. The Morgan fingerprint density at radius 3 is 2.92 bits per heavy atom. The maximum Gasteiger partial charge on any atom is 0.276 e. The van der Waals surface area contributed by atoms with Crippen LogP contribution in [0.2, 0.25) is 0 Å². The Bertz CT molecular complexity index is 682. The molecule has 1 aliphatic heterocycles. The van der Waals surface area contributed by atoms with Crippen LogP contribution in [0.4, 0.5) is 9.52 Å². The molecule has 24 heavy (non-hydrogen) atoms. The fraction of sp³-hybridized carbons (Fsp3) is 0.417. The van der Waals surface area contributed by atoms with Crippen molar-refractivity contribution in [3.05, 3.63) is 11.1 Å². The van der Waals surface area contributed by atoms with Crippen LogP contribution in [0.25, 0.3) is 0 Å². The van der Waals surface area contributed by atoms with Crippen molar-refractivity contribution in [2.24, 2.45) is 5.16 Å². The zero-order chi connectivity index (χ0) is 17.7. The van der Waals surface area contributed by atoms with Gasteiger partial charge in [0.15, 0.2) is 10.8 Å². The number of rotatable bonds is 7. The Morgan fingerprint density at radius 1 is 1.58 bits per heavy atom. The number of halogens is 2. The van der Waals surface area contributed by atoms with Gasteiger partial charge in [0.25, 0.3) is 5.91 Å². The number of hydrogen-bond acceptors (Lipinski definition) is 7. The highest BCUT2D eigenvalue weighted by Crippen LogP contribution is 2.17. The summed E-state index contributed by atoms with van der Waals surface area (Å²) in [4.78, 5) is 43.5. The van der Waals surface area contributed by atoms with Gasteiger partial charge in [0.05, 0.1) is 6.04 Å². The molecule has 3 N–H and O–H groups in total. The van der Waals surface area contributed by atoms with Gasteiger partial charge in [0, 0.05) is 5.38 Å². The summed E-state index contributed by atoms with van der Waals surface area (Å²) in [5, 5.41) is 12.4. The van der Waals surface area contributed by atoms with E-state index in [2.05, 4.69) is 30.9 Å². The molecule has 2 heterocycles. The van der Waals surface area contributed by atoms with E-state index in [9.17, 15) is 18.8 Å². The highest BCUT2D eigenvalue weighted by Gasteiger charge is 2.41. The van der Waals surface area contributed by atoms with Gasteiger partial charge in [-0.15, -0.1) is 22.9 Å². The van der Waals surface area contributed by atoms with Gasteiger partial charge in [0.1, 0.15) is 31.4 Å². The van der Waals surface area contributed by atoms with Crippen molar-refractivity contribution >= 4 is 51.5 Å². The largest absolute Gasteiger partial charge is 0.398 e. The molecule has 0 bridgehead atoms. The fourth-order valence-electron chi connectivity index (χ4n) is 1.83. The number of aromatic nitrogens is 1. The summed E-state index contributed by atoms with van der Waals surface area (Å²) in [7, 11) is 1.23. The van der Waals surface area contributed by atoms with Gasteiger partial charge >= 0.3 is 0 Å². The molecule has 0 saturated carbocycles. The molecule has 130 valence electrons. The second kappa shape index (κ2) is 8.02. The Morgan fingerprint density at radius 2 is 2.33 bits per heavy atom. The molecule has 0 spiro atoms. The van der Waals surface area contributed by atoms with E-state index in [1.165, 1.54) is 12.5 Å². The normalized spacial score (nSPS) is 20.0. The van der Waals surface area contributed by atoms with Gasteiger partial charge in [-0.25, -0.2) is 9.37 Å². The monoisotopic (exact) mass is 377 g/mol. The first-order chi connectivity index (χ1) is 11.5. The van der Waals surface area contributed by atoms with Crippen LogP contribution in [0.3, 0.4) is 0 Å². The lowest BCUT2D eigenvalue weighted by Crippen LogP contribution is -2.70. The number of oxime groups is 1. The number of carbonyl (C=O) groups is 3. The molecule has 12 heteroatoms. The van der Waals surface area contributed by atoms with Crippen LogP contribution in [-0.4, -0.2) is 60.2 Å². The number of hydrogen-bond donors (Lipinski definition) is 3. The second-order valence-corrected chi connectivity index (χ2v) is 5.69. The SMILES string of the molecule is CO/N=C(\C(=O)NC1C(=O)NC1CF)c1csc(NC(=O)CCl)n1. The minimum absolute atomic E-state index is 0.126. The summed E-state index contributed by atoms with van der Waals surface area (Å²) < 4.78 is 12.7. The standard InChI is InChI=1S/C12H13ClFN5O4S/c1-23-19-9(6-4-24-12(16-6)17-7(20)2-13)11(22)18-8-5(3-14)15-10(8)21/h4-5,8H,2-3H2,1H3,(H,15,21)(H,18,22)(H,16,17,20)/b19-9-. The topological polar surface area (TPSA) is 122 Å². The van der Waals surface area contributed by atoms with E-state index in [-0.39, 0.29) is 22.4 Å². The van der Waals surface area contributed by atoms with Crippen molar-refractivity contribution in [2.75, 3.05) is 25.0 Å². The molecule has 1 aromatic heterocycles. The number of carbonyl (C=O) groups excluding carboxylic acids is 3. The average Bonchev–Trinajstić information content (AvgIpc) is 3.02. The highest BCUT2D eigenvalue weighted by atomic mass is 35.5. The Hall–Kier alpha value is -2.27. The summed E-state index contributed by atoms with van der Waals surface area (Å²) in [5.74, 6) is -1.94. The zero-order valence-electron chi connectivity index (χ0n) is 12.3. The number of β-lactam (4-membered cyclic amide) rings is 1. The number of nitrogens with zero attached hydrogens (tertiary/aromatic N) is 2. The molecule has 1 saturated heterocycles. The molecule has 2 unspecified atom stereocenters. The lowest BCUT2D eigenvalue weighted by Gasteiger charge is -2.35. The first-order valence-electron chi connectivity index (χ1n) is 6.60. The van der Waals surface area contributed by atoms with E-state index in [1.807, 2.05) is 0 Å². The Kier molecular flexibility index (Phi) is 6.04. The van der Waals surface area contributed by atoms with Crippen molar-refractivity contribution in [2.45, 2.75) is 12.1 Å². The van der Waals surface area contributed by atoms with Crippen molar-refractivity contribution in [1.82, 2.24) is 15.6 Å². The lowest BCUT2D eigenvalue weighted by atomic mass is 10.00. The van der Waals surface area contributed by atoms with E-state index in [4.69, 9.17) is 11.6 Å². The first kappa shape index (κ1) is 18.1. The minimum Gasteiger partial charge on any atom is -0.398 e. The van der Waals surface area contributed by atoms with Gasteiger partial charge in [-0.2, -0.15) is 0 Å². The van der Waals surface area contributed by atoms with Crippen molar-refractivity contribution in [1.29, 1.82) is 0 Å². The van der Waals surface area contributed by atoms with Crippen molar-refractivity contribution in [3.63, 3.8) is 0 Å². The average molecular weight is 378 g/mol. The molecule has 0 radical (unpaired) electrons. The third-order valence-corrected chi connectivity index (χ3v) is 3.98. The van der Waals surface area contributed by atoms with Crippen LogP contribution in [0.15, 0.2) is 10.5 Å². The van der Waals surface area contributed by atoms with Gasteiger partial charge in [0.2, 0.25) is 11.8 Å². The first-order valence-corrected chi connectivity index (χ1v) is 8.01. The molecule has 1 aliphatic rings. The maximum atomic E-state index is 12.7. The van der Waals surface area contributed by atoms with Crippen LogP contribution in [0.5, 0.6) is 0 Å². The number of thiazole rings is 1. The van der Waals surface area contributed by atoms with E-state index in [0.717, 1.165) is 11.3 Å². The van der Waals surface area contributed by atoms with Crippen molar-refractivity contribution in [3.8, 4) is 0 Å². The summed E-state index contributed by atoms with van der Waals surface area (Å²) in [6.07, 6.45) is 0. The number of alkyl halides is 2. The molecule has 0 aliphatic carbocycles. The predicted octanol–water partition coefficient (Wildman–Crippen LogP) is -0.376. The second-order valence-electron chi connectivity index (χ2n) is 4.56. The molecular weight excluding hydrogens is 365 g/mol. The lowest BCUT2D eigenvalue weighted by molar-refractivity contribution is -0.135. The van der Waals surface area contributed by atoms with Crippen LogP contribution in [0.1, 0.15) is 5.69 Å². The van der Waals surface area contributed by atoms with Crippen molar-refractivity contribution < 1.29 is 23.6 Å². The number of nitrogens with one attached hydrogen (secondary N) is 3. The van der Waals surface area contributed by atoms with E-state index >= 15 is 0 Å². The molecule has 3 amide bonds. The molecule has 2 rings (SSSR count). The maximum absolute atomic E-state index is 12.7. The van der Waals surface area contributed by atoms with E-state index in [1.54, 1.807) is 0 Å². The number of anilines is 1. The highest BCUT2D eigenvalue weighted by molar-refractivity contribution is 7.14. The quantitative estimate of drug-likeness (QED) is 0.259. The van der Waals surface area contributed by atoms with E-state index in [0.29, 0.717) is 0 Å². The molecule has 9 nitrogen and oxygen atoms in total. The Labute approximate surface area is 144 Å². The molecule has 0 aromatic carbocycles. The predicted molar refractivity (Wildman–Crippen MR) is 84.8 cm³/mol. The summed E-state index contributed by atoms with van der Waals surface area (Å²) in [6, 6.07) is -1.77. The van der Waals surface area contributed by atoms with Gasteiger partial charge in [-0.3, -0.25) is 14.4 Å². The van der Waals surface area contributed by atoms with Crippen LogP contribution >= 0.6 is 22.9 Å². The van der Waals surface area contributed by atoms with Crippen LogP contribution in [-0.2, 0) is 19.2 Å². The third-order valence-electron chi connectivity index (χ3n) is 2.98. The third kappa shape index (κ3) is 3.97. The molecule has 2 atom stereocenters.